The Kier molecular flexibility index (Phi) is 8.76. The number of anilines is 1. The maximum Gasteiger partial charge on any atom is 0.244 e. The zero-order chi connectivity index (χ0) is 19.1. The summed E-state index contributed by atoms with van der Waals surface area (Å²) in [5.74, 6) is 0.961. The predicted molar refractivity (Wildman–Crippen MR) is 126 cm³/mol. The van der Waals surface area contributed by atoms with E-state index in [2.05, 4.69) is 34.6 Å². The Balaban J connectivity index is 0.00000280. The van der Waals surface area contributed by atoms with Gasteiger partial charge in [-0.3, -0.25) is 4.79 Å². The normalized spacial score (nSPS) is 15.0. The Hall–Kier alpha value is -2.09. The summed E-state index contributed by atoms with van der Waals surface area (Å²) in [6.07, 6.45) is 3.18. The molecule has 1 aliphatic rings. The maximum atomic E-state index is 12.4. The second kappa shape index (κ2) is 11.0. The quantitative estimate of drug-likeness (QED) is 0.379. The van der Waals surface area contributed by atoms with Gasteiger partial charge >= 0.3 is 0 Å². The molecule has 1 saturated heterocycles. The summed E-state index contributed by atoms with van der Waals surface area (Å²) in [7, 11) is 0. The van der Waals surface area contributed by atoms with E-state index in [4.69, 9.17) is 5.73 Å². The molecule has 0 spiro atoms. The smallest absolute Gasteiger partial charge is 0.244 e. The van der Waals surface area contributed by atoms with E-state index in [1.54, 1.807) is 0 Å². The average molecular weight is 492 g/mol. The number of hydrogen-bond donors (Lipinski definition) is 2. The topological polar surface area (TPSA) is 70.7 Å². The Morgan fingerprint density at radius 3 is 2.54 bits per heavy atom. The molecule has 150 valence electrons. The average Bonchev–Trinajstić information content (AvgIpc) is 2.67. The van der Waals surface area contributed by atoms with Gasteiger partial charge in [0.15, 0.2) is 5.96 Å². The fourth-order valence-electron chi connectivity index (χ4n) is 3.50. The number of hydrogen-bond acceptors (Lipinski definition) is 2. The lowest BCUT2D eigenvalue weighted by atomic mass is 9.90. The van der Waals surface area contributed by atoms with Crippen LogP contribution in [0.15, 0.2) is 59.6 Å². The fraction of sp³-hybridized carbons (Fsp3) is 0.364. The van der Waals surface area contributed by atoms with Crippen molar-refractivity contribution in [3.8, 4) is 0 Å². The van der Waals surface area contributed by atoms with Crippen molar-refractivity contribution >= 4 is 41.5 Å². The van der Waals surface area contributed by atoms with Crippen molar-refractivity contribution in [2.75, 3.05) is 25.0 Å². The number of benzene rings is 2. The van der Waals surface area contributed by atoms with Crippen molar-refractivity contribution in [3.05, 3.63) is 65.7 Å². The van der Waals surface area contributed by atoms with Crippen LogP contribution in [-0.4, -0.2) is 36.4 Å². The molecule has 0 bridgehead atoms. The highest BCUT2D eigenvalue weighted by molar-refractivity contribution is 14.0. The van der Waals surface area contributed by atoms with Gasteiger partial charge in [0.2, 0.25) is 5.91 Å². The molecule has 1 amide bonds. The molecule has 1 fully saturated rings. The van der Waals surface area contributed by atoms with E-state index in [1.165, 1.54) is 5.56 Å². The molecule has 1 heterocycles. The molecule has 2 aromatic carbocycles. The molecule has 3 rings (SSSR count). The Morgan fingerprint density at radius 2 is 1.86 bits per heavy atom. The summed E-state index contributed by atoms with van der Waals surface area (Å²) in [6, 6.07) is 18.5. The summed E-state index contributed by atoms with van der Waals surface area (Å²) in [5.41, 5.74) is 9.31. The minimum atomic E-state index is 0. The highest BCUT2D eigenvalue weighted by Gasteiger charge is 2.22. The van der Waals surface area contributed by atoms with Gasteiger partial charge in [0, 0.05) is 18.8 Å². The largest absolute Gasteiger partial charge is 0.370 e. The second-order valence-corrected chi connectivity index (χ2v) is 7.21. The second-order valence-electron chi connectivity index (χ2n) is 7.21. The van der Waals surface area contributed by atoms with Crippen molar-refractivity contribution in [2.45, 2.75) is 26.2 Å². The van der Waals surface area contributed by atoms with Gasteiger partial charge in [-0.25, -0.2) is 4.99 Å². The van der Waals surface area contributed by atoms with Crippen LogP contribution in [0.1, 0.15) is 24.0 Å². The maximum absolute atomic E-state index is 12.4. The molecular formula is C22H29IN4O. The third-order valence-electron chi connectivity index (χ3n) is 5.01. The van der Waals surface area contributed by atoms with Crippen LogP contribution in [0.3, 0.4) is 0 Å². The number of aryl methyl sites for hydroxylation is 1. The van der Waals surface area contributed by atoms with Crippen LogP contribution in [0, 0.1) is 12.8 Å². The van der Waals surface area contributed by atoms with Gasteiger partial charge in [-0.05, 0) is 55.4 Å². The number of rotatable bonds is 5. The first-order chi connectivity index (χ1) is 13.1. The minimum absolute atomic E-state index is 0. The van der Waals surface area contributed by atoms with Gasteiger partial charge < -0.3 is 16.0 Å². The number of carbonyl (C=O) groups is 1. The number of piperidine rings is 1. The monoisotopic (exact) mass is 492 g/mol. The number of nitrogens with two attached hydrogens (primary N) is 1. The molecule has 1 aliphatic heterocycles. The van der Waals surface area contributed by atoms with Gasteiger partial charge in [0.25, 0.3) is 0 Å². The summed E-state index contributed by atoms with van der Waals surface area (Å²) in [5, 5.41) is 3.03. The lowest BCUT2D eigenvalue weighted by molar-refractivity contribution is -0.130. The molecule has 5 nitrogen and oxygen atoms in total. The van der Waals surface area contributed by atoms with Crippen LogP contribution in [0.5, 0.6) is 0 Å². The lowest BCUT2D eigenvalue weighted by Gasteiger charge is -2.31. The zero-order valence-electron chi connectivity index (χ0n) is 16.3. The Bertz CT molecular complexity index is 786. The van der Waals surface area contributed by atoms with E-state index >= 15 is 0 Å². The van der Waals surface area contributed by atoms with Crippen molar-refractivity contribution in [1.29, 1.82) is 0 Å². The summed E-state index contributed by atoms with van der Waals surface area (Å²) >= 11 is 0. The summed E-state index contributed by atoms with van der Waals surface area (Å²) < 4.78 is 0. The molecule has 28 heavy (non-hydrogen) atoms. The third kappa shape index (κ3) is 6.82. The van der Waals surface area contributed by atoms with Crippen LogP contribution in [0.4, 0.5) is 5.69 Å². The van der Waals surface area contributed by atoms with E-state index in [9.17, 15) is 4.79 Å². The number of guanidine groups is 1. The van der Waals surface area contributed by atoms with Crippen molar-refractivity contribution < 1.29 is 4.79 Å². The van der Waals surface area contributed by atoms with Crippen LogP contribution < -0.4 is 11.1 Å². The summed E-state index contributed by atoms with van der Waals surface area (Å²) in [6.45, 7) is 3.71. The minimum Gasteiger partial charge on any atom is -0.370 e. The van der Waals surface area contributed by atoms with Gasteiger partial charge in [-0.2, -0.15) is 0 Å². The van der Waals surface area contributed by atoms with Crippen molar-refractivity contribution in [1.82, 2.24) is 4.90 Å². The predicted octanol–water partition coefficient (Wildman–Crippen LogP) is 3.82. The molecule has 0 saturated carbocycles. The molecule has 6 heteroatoms. The molecule has 0 radical (unpaired) electrons. The highest BCUT2D eigenvalue weighted by Crippen LogP contribution is 2.21. The number of nitrogens with zero attached hydrogens (tertiary/aromatic N) is 2. The number of nitrogens with one attached hydrogen (secondary N) is 1. The zero-order valence-corrected chi connectivity index (χ0v) is 18.6. The van der Waals surface area contributed by atoms with Crippen molar-refractivity contribution in [3.63, 3.8) is 0 Å². The van der Waals surface area contributed by atoms with Gasteiger partial charge in [-0.1, -0.05) is 42.5 Å². The van der Waals surface area contributed by atoms with Crippen LogP contribution in [0.25, 0.3) is 0 Å². The van der Waals surface area contributed by atoms with Crippen LogP contribution in [-0.2, 0) is 11.2 Å². The van der Waals surface area contributed by atoms with Crippen LogP contribution in [0.2, 0.25) is 0 Å². The Labute approximate surface area is 184 Å². The molecule has 0 aliphatic carbocycles. The number of aliphatic imine (C=N–C) groups is 1. The molecule has 0 aromatic heterocycles. The number of carbonyl (C=O) groups excluding carboxylic acids is 1. The molecule has 2 aromatic rings. The van der Waals surface area contributed by atoms with E-state index in [0.29, 0.717) is 5.92 Å². The SMILES string of the molecule is Cc1cccc(NC(N)=NCC(=O)N2CCC(Cc3ccccc3)CC2)c1.I. The van der Waals surface area contributed by atoms with Crippen molar-refractivity contribution in [2.24, 2.45) is 16.6 Å². The highest BCUT2D eigenvalue weighted by atomic mass is 127. The lowest BCUT2D eigenvalue weighted by Crippen LogP contribution is -2.40. The molecule has 0 atom stereocenters. The first kappa shape index (κ1) is 22.2. The van der Waals surface area contributed by atoms with Gasteiger partial charge in [-0.15, -0.1) is 24.0 Å². The van der Waals surface area contributed by atoms with E-state index in [1.807, 2.05) is 42.2 Å². The van der Waals surface area contributed by atoms with E-state index in [-0.39, 0.29) is 42.4 Å². The first-order valence-electron chi connectivity index (χ1n) is 9.55. The van der Waals surface area contributed by atoms with Gasteiger partial charge in [0.05, 0.1) is 0 Å². The van der Waals surface area contributed by atoms with E-state index in [0.717, 1.165) is 43.6 Å². The number of likely N-dealkylation sites (tertiary alicyclic amines) is 1. The molecule has 3 N–H and O–H groups in total. The number of halogens is 1. The van der Waals surface area contributed by atoms with Gasteiger partial charge in [0.1, 0.15) is 6.54 Å². The summed E-state index contributed by atoms with van der Waals surface area (Å²) in [4.78, 5) is 18.5. The Morgan fingerprint density at radius 1 is 1.14 bits per heavy atom. The first-order valence-corrected chi connectivity index (χ1v) is 9.55. The molecular weight excluding hydrogens is 463 g/mol. The van der Waals surface area contributed by atoms with E-state index < -0.39 is 0 Å². The third-order valence-corrected chi connectivity index (χ3v) is 5.01. The molecule has 0 unspecified atom stereocenters. The number of amides is 1. The van der Waals surface area contributed by atoms with Crippen LogP contribution >= 0.6 is 24.0 Å². The standard InChI is InChI=1S/C22H28N4O.HI/c1-17-6-5-9-20(14-17)25-22(23)24-16-21(27)26-12-10-19(11-13-26)15-18-7-3-2-4-8-18;/h2-9,14,19H,10-13,15-16H2,1H3,(H3,23,24,25);1H. The fourth-order valence-corrected chi connectivity index (χ4v) is 3.50.